The van der Waals surface area contributed by atoms with Crippen LogP contribution in [-0.2, 0) is 6.54 Å². The van der Waals surface area contributed by atoms with Gasteiger partial charge < -0.3 is 9.73 Å². The van der Waals surface area contributed by atoms with Crippen molar-refractivity contribution >= 4 is 16.9 Å². The Labute approximate surface area is 88.0 Å². The maximum Gasteiger partial charge on any atom is 0.157 e. The van der Waals surface area contributed by atoms with Crippen LogP contribution < -0.4 is 5.32 Å². The van der Waals surface area contributed by atoms with Crippen molar-refractivity contribution in [2.24, 2.45) is 4.99 Å². The average molecular weight is 210 g/mol. The topological polar surface area (TPSA) is 37.5 Å². The Kier molecular flexibility index (Phi) is 3.14. The van der Waals surface area contributed by atoms with Crippen molar-refractivity contribution in [3.05, 3.63) is 24.2 Å². The number of amidine groups is 1. The summed E-state index contributed by atoms with van der Waals surface area (Å²) in [6.45, 7) is 2.89. The number of furan rings is 1. The molecule has 4 heteroatoms. The van der Waals surface area contributed by atoms with Gasteiger partial charge in [-0.2, -0.15) is 0 Å². The van der Waals surface area contributed by atoms with Gasteiger partial charge in [0.25, 0.3) is 0 Å². The Morgan fingerprint density at radius 1 is 1.71 bits per heavy atom. The fraction of sp³-hybridized carbons (Fsp3) is 0.500. The van der Waals surface area contributed by atoms with Gasteiger partial charge in [-0.1, -0.05) is 11.8 Å². The maximum atomic E-state index is 4.98. The largest absolute Gasteiger partial charge is 0.472 e. The van der Waals surface area contributed by atoms with E-state index in [-0.39, 0.29) is 0 Å². The molecular weight excluding hydrogens is 196 g/mol. The van der Waals surface area contributed by atoms with Crippen molar-refractivity contribution in [3.63, 3.8) is 0 Å². The molecule has 1 N–H and O–H groups in total. The molecule has 0 amide bonds. The quantitative estimate of drug-likeness (QED) is 0.813. The number of aliphatic imine (C=N–C) groups is 1. The van der Waals surface area contributed by atoms with Crippen LogP contribution in [-0.4, -0.2) is 17.0 Å². The molecule has 0 saturated carbocycles. The first-order valence-electron chi connectivity index (χ1n) is 4.79. The van der Waals surface area contributed by atoms with Gasteiger partial charge in [-0.15, -0.1) is 0 Å². The lowest BCUT2D eigenvalue weighted by molar-refractivity contribution is 0.564. The first-order valence-corrected chi connectivity index (χ1v) is 5.78. The molecule has 1 unspecified atom stereocenters. The molecule has 0 radical (unpaired) electrons. The Morgan fingerprint density at radius 2 is 2.64 bits per heavy atom. The van der Waals surface area contributed by atoms with Crippen LogP contribution in [0.15, 0.2) is 28.0 Å². The Hall–Kier alpha value is -0.900. The van der Waals surface area contributed by atoms with E-state index in [0.29, 0.717) is 12.6 Å². The molecule has 1 aromatic rings. The highest BCUT2D eigenvalue weighted by Crippen LogP contribution is 2.14. The van der Waals surface area contributed by atoms with Gasteiger partial charge >= 0.3 is 0 Å². The predicted molar refractivity (Wildman–Crippen MR) is 59.5 cm³/mol. The van der Waals surface area contributed by atoms with Gasteiger partial charge in [0.1, 0.15) is 0 Å². The van der Waals surface area contributed by atoms with Crippen LogP contribution in [0.3, 0.4) is 0 Å². The van der Waals surface area contributed by atoms with E-state index in [2.05, 4.69) is 17.2 Å². The lowest BCUT2D eigenvalue weighted by atomic mass is 10.3. The first kappa shape index (κ1) is 9.65. The number of hydrogen-bond donors (Lipinski definition) is 1. The molecule has 14 heavy (non-hydrogen) atoms. The summed E-state index contributed by atoms with van der Waals surface area (Å²) in [5.74, 6) is 1.17. The van der Waals surface area contributed by atoms with E-state index in [4.69, 9.17) is 4.42 Å². The molecule has 0 aromatic carbocycles. The van der Waals surface area contributed by atoms with Gasteiger partial charge in [0, 0.05) is 17.4 Å². The van der Waals surface area contributed by atoms with Crippen LogP contribution in [0.4, 0.5) is 0 Å². The van der Waals surface area contributed by atoms with Crippen molar-refractivity contribution in [3.8, 4) is 0 Å². The number of nitrogens with zero attached hydrogens (tertiary/aromatic N) is 1. The summed E-state index contributed by atoms with van der Waals surface area (Å²) in [6.07, 6.45) is 4.63. The smallest absolute Gasteiger partial charge is 0.157 e. The third-order valence-electron chi connectivity index (χ3n) is 2.14. The minimum absolute atomic E-state index is 0.555. The first-order chi connectivity index (χ1) is 6.84. The lowest BCUT2D eigenvalue weighted by Crippen LogP contribution is -2.35. The second-order valence-corrected chi connectivity index (χ2v) is 4.52. The zero-order chi connectivity index (χ0) is 9.80. The van der Waals surface area contributed by atoms with Crippen molar-refractivity contribution in [2.75, 3.05) is 5.75 Å². The third kappa shape index (κ3) is 2.54. The summed E-state index contributed by atoms with van der Waals surface area (Å²) >= 11 is 1.80. The van der Waals surface area contributed by atoms with E-state index in [9.17, 15) is 0 Å². The van der Waals surface area contributed by atoms with Crippen molar-refractivity contribution in [1.29, 1.82) is 0 Å². The van der Waals surface area contributed by atoms with Crippen molar-refractivity contribution < 1.29 is 4.42 Å². The summed E-state index contributed by atoms with van der Waals surface area (Å²) in [5, 5.41) is 4.42. The fourth-order valence-corrected chi connectivity index (χ4v) is 2.40. The van der Waals surface area contributed by atoms with Gasteiger partial charge in [-0.05, 0) is 19.4 Å². The SMILES string of the molecule is CC1CCSC(=NCc2ccoc2)N1. The van der Waals surface area contributed by atoms with Crippen LogP contribution in [0.5, 0.6) is 0 Å². The molecule has 0 aliphatic carbocycles. The van der Waals surface area contributed by atoms with Crippen LogP contribution in [0, 0.1) is 0 Å². The molecule has 1 aliphatic rings. The predicted octanol–water partition coefficient (Wildman–Crippen LogP) is 2.25. The molecule has 1 atom stereocenters. The highest BCUT2D eigenvalue weighted by atomic mass is 32.2. The molecule has 1 aromatic heterocycles. The van der Waals surface area contributed by atoms with Crippen LogP contribution >= 0.6 is 11.8 Å². The van der Waals surface area contributed by atoms with Gasteiger partial charge in [0.15, 0.2) is 5.17 Å². The highest BCUT2D eigenvalue weighted by molar-refractivity contribution is 8.13. The number of hydrogen-bond acceptors (Lipinski definition) is 3. The minimum Gasteiger partial charge on any atom is -0.472 e. The highest BCUT2D eigenvalue weighted by Gasteiger charge is 2.12. The van der Waals surface area contributed by atoms with Crippen molar-refractivity contribution in [2.45, 2.75) is 25.9 Å². The van der Waals surface area contributed by atoms with Gasteiger partial charge in [0.05, 0.1) is 19.1 Å². The molecule has 1 saturated heterocycles. The molecule has 3 nitrogen and oxygen atoms in total. The molecule has 1 fully saturated rings. The van der Waals surface area contributed by atoms with E-state index in [1.54, 1.807) is 24.3 Å². The molecule has 0 spiro atoms. The number of rotatable bonds is 2. The fourth-order valence-electron chi connectivity index (χ4n) is 1.29. The summed E-state index contributed by atoms with van der Waals surface area (Å²) in [7, 11) is 0. The summed E-state index contributed by atoms with van der Waals surface area (Å²) in [5.41, 5.74) is 1.12. The van der Waals surface area contributed by atoms with E-state index < -0.39 is 0 Å². The Bertz CT molecular complexity index is 308. The normalized spacial score (nSPS) is 24.9. The molecule has 1 aliphatic heterocycles. The minimum atomic E-state index is 0.555. The van der Waals surface area contributed by atoms with Crippen LogP contribution in [0.1, 0.15) is 18.9 Å². The number of thioether (sulfide) groups is 1. The molecule has 76 valence electrons. The second-order valence-electron chi connectivity index (χ2n) is 3.44. The Balaban J connectivity index is 1.91. The lowest BCUT2D eigenvalue weighted by Gasteiger charge is -2.21. The van der Waals surface area contributed by atoms with E-state index in [1.807, 2.05) is 6.07 Å². The molecular formula is C10H14N2OS. The standard InChI is InChI=1S/C10H14N2OS/c1-8-3-5-14-10(12-8)11-6-9-2-4-13-7-9/h2,4,7-8H,3,5-6H2,1H3,(H,11,12). The maximum absolute atomic E-state index is 4.98. The zero-order valence-corrected chi connectivity index (χ0v) is 9.01. The molecule has 2 heterocycles. The Morgan fingerprint density at radius 3 is 3.36 bits per heavy atom. The van der Waals surface area contributed by atoms with Gasteiger partial charge in [-0.3, -0.25) is 4.99 Å². The van der Waals surface area contributed by atoms with E-state index in [1.165, 1.54) is 12.2 Å². The van der Waals surface area contributed by atoms with E-state index in [0.717, 1.165) is 10.7 Å². The van der Waals surface area contributed by atoms with Gasteiger partial charge in [-0.25, -0.2) is 0 Å². The summed E-state index contributed by atoms with van der Waals surface area (Å²) in [6, 6.07) is 2.50. The second kappa shape index (κ2) is 4.55. The van der Waals surface area contributed by atoms with E-state index >= 15 is 0 Å². The van der Waals surface area contributed by atoms with Crippen LogP contribution in [0.25, 0.3) is 0 Å². The van der Waals surface area contributed by atoms with Gasteiger partial charge in [0.2, 0.25) is 0 Å². The van der Waals surface area contributed by atoms with Crippen LogP contribution in [0.2, 0.25) is 0 Å². The molecule has 0 bridgehead atoms. The zero-order valence-electron chi connectivity index (χ0n) is 8.19. The number of nitrogens with one attached hydrogen (secondary N) is 1. The average Bonchev–Trinajstić information content (AvgIpc) is 2.67. The third-order valence-corrected chi connectivity index (χ3v) is 3.11. The monoisotopic (exact) mass is 210 g/mol. The van der Waals surface area contributed by atoms with Crippen molar-refractivity contribution in [1.82, 2.24) is 5.32 Å². The molecule has 2 rings (SSSR count). The summed E-state index contributed by atoms with van der Waals surface area (Å²) in [4.78, 5) is 4.48. The summed E-state index contributed by atoms with van der Waals surface area (Å²) < 4.78 is 4.98.